The lowest BCUT2D eigenvalue weighted by molar-refractivity contribution is -0.870. The molecule has 0 fully saturated rings. The summed E-state index contributed by atoms with van der Waals surface area (Å²) in [6.07, 6.45) is 0.953. The van der Waals surface area contributed by atoms with E-state index >= 15 is 0 Å². The Labute approximate surface area is 110 Å². The fourth-order valence-corrected chi connectivity index (χ4v) is 1.76. The smallest absolute Gasteiger partial charge is 0.462 e. The van der Waals surface area contributed by atoms with Crippen LogP contribution < -0.4 is 0 Å². The van der Waals surface area contributed by atoms with Crippen molar-refractivity contribution in [3.63, 3.8) is 0 Å². The molecule has 0 aromatic rings. The number of hydrogen-bond donors (Lipinski definition) is 0. The predicted octanol–water partition coefficient (Wildman–Crippen LogP) is 1.96. The van der Waals surface area contributed by atoms with Gasteiger partial charge in [0.05, 0.1) is 27.7 Å². The van der Waals surface area contributed by atoms with Gasteiger partial charge in [-0.15, -0.1) is 4.52 Å². The first kappa shape index (κ1) is 17.2. The van der Waals surface area contributed by atoms with Gasteiger partial charge in [-0.2, -0.15) is 0 Å². The molecule has 0 aromatic heterocycles. The zero-order chi connectivity index (χ0) is 14.2. The molecule has 0 aliphatic carbocycles. The summed E-state index contributed by atoms with van der Waals surface area (Å²) in [6.45, 7) is 6.61. The van der Waals surface area contributed by atoms with Crippen LogP contribution >= 0.6 is 8.03 Å². The van der Waals surface area contributed by atoms with E-state index in [0.717, 1.165) is 11.0 Å². The third-order valence-corrected chi connectivity index (χ3v) is 3.22. The van der Waals surface area contributed by atoms with Crippen molar-refractivity contribution in [2.75, 3.05) is 47.1 Å². The maximum Gasteiger partial charge on any atom is 0.508 e. The molecule has 18 heavy (non-hydrogen) atoms. The third kappa shape index (κ3) is 10.4. The highest BCUT2D eigenvalue weighted by Crippen LogP contribution is 2.22. The lowest BCUT2D eigenvalue weighted by Gasteiger charge is -2.21. The van der Waals surface area contributed by atoms with Crippen LogP contribution in [0.15, 0.2) is 12.2 Å². The van der Waals surface area contributed by atoms with Crippen LogP contribution in [-0.2, 0) is 18.6 Å². The number of carbonyl (C=O) groups excluding carboxylic acids is 1. The molecule has 0 amide bonds. The summed E-state index contributed by atoms with van der Waals surface area (Å²) in [5, 5.41) is 0. The standard InChI is InChI=1S/C12H24NO4P/c1-11(2)12(14)16-8-6-10-18(15)17-9-7-13(3,4)5/h1,6-10H2,2-5H3/q+2. The summed E-state index contributed by atoms with van der Waals surface area (Å²) in [5.41, 5.74) is 0.374. The second-order valence-corrected chi connectivity index (χ2v) is 6.54. The summed E-state index contributed by atoms with van der Waals surface area (Å²) >= 11 is 0. The summed E-state index contributed by atoms with van der Waals surface area (Å²) in [6, 6.07) is 0. The van der Waals surface area contributed by atoms with Gasteiger partial charge in [-0.1, -0.05) is 6.58 Å². The van der Waals surface area contributed by atoms with E-state index in [1.165, 1.54) is 0 Å². The van der Waals surface area contributed by atoms with Crippen molar-refractivity contribution in [3.05, 3.63) is 12.2 Å². The van der Waals surface area contributed by atoms with Crippen LogP contribution in [0.4, 0.5) is 0 Å². The normalized spacial score (nSPS) is 12.1. The van der Waals surface area contributed by atoms with Gasteiger partial charge >= 0.3 is 14.0 Å². The highest BCUT2D eigenvalue weighted by Gasteiger charge is 2.19. The monoisotopic (exact) mass is 277 g/mol. The molecule has 6 heteroatoms. The fourth-order valence-electron chi connectivity index (χ4n) is 0.963. The Morgan fingerprint density at radius 3 is 2.39 bits per heavy atom. The number of quaternary nitrogens is 1. The second kappa shape index (κ2) is 8.35. The molecule has 0 aliphatic rings. The van der Waals surface area contributed by atoms with E-state index in [2.05, 4.69) is 6.58 Å². The fraction of sp³-hybridized carbons (Fsp3) is 0.750. The van der Waals surface area contributed by atoms with Crippen molar-refractivity contribution in [2.24, 2.45) is 0 Å². The molecule has 1 unspecified atom stereocenters. The minimum absolute atomic E-state index is 0.255. The van der Waals surface area contributed by atoms with Gasteiger partial charge in [-0.25, -0.2) is 4.79 Å². The van der Waals surface area contributed by atoms with Crippen LogP contribution in [0.25, 0.3) is 0 Å². The lowest BCUT2D eigenvalue weighted by atomic mass is 10.4. The van der Waals surface area contributed by atoms with Crippen LogP contribution in [0.1, 0.15) is 13.3 Å². The molecule has 0 radical (unpaired) electrons. The molecule has 0 bridgehead atoms. The Morgan fingerprint density at radius 1 is 1.28 bits per heavy atom. The maximum absolute atomic E-state index is 11.5. The maximum atomic E-state index is 11.5. The highest BCUT2D eigenvalue weighted by molar-refractivity contribution is 7.39. The topological polar surface area (TPSA) is 52.6 Å². The summed E-state index contributed by atoms with van der Waals surface area (Å²) in [4.78, 5) is 11.0. The Morgan fingerprint density at radius 2 is 1.89 bits per heavy atom. The van der Waals surface area contributed by atoms with Crippen molar-refractivity contribution in [2.45, 2.75) is 13.3 Å². The minimum Gasteiger partial charge on any atom is -0.462 e. The molecule has 0 spiro atoms. The molecule has 0 rings (SSSR count). The van der Waals surface area contributed by atoms with Gasteiger partial charge < -0.3 is 9.22 Å². The first-order chi connectivity index (χ1) is 8.22. The van der Waals surface area contributed by atoms with E-state index < -0.39 is 14.0 Å². The van der Waals surface area contributed by atoms with Gasteiger partial charge in [0, 0.05) is 12.0 Å². The molecule has 1 atom stereocenters. The molecule has 0 saturated heterocycles. The van der Waals surface area contributed by atoms with E-state index in [-0.39, 0.29) is 6.61 Å². The lowest BCUT2D eigenvalue weighted by Crippen LogP contribution is -2.37. The van der Waals surface area contributed by atoms with Gasteiger partial charge in [0.15, 0.2) is 12.8 Å². The summed E-state index contributed by atoms with van der Waals surface area (Å²) in [5.74, 6) is -0.406. The number of rotatable bonds is 9. The molecule has 0 aliphatic heterocycles. The zero-order valence-electron chi connectivity index (χ0n) is 11.8. The summed E-state index contributed by atoms with van der Waals surface area (Å²) in [7, 11) is 4.49. The van der Waals surface area contributed by atoms with Crippen LogP contribution in [-0.4, -0.2) is 57.5 Å². The number of nitrogens with zero attached hydrogens (tertiary/aromatic N) is 1. The van der Waals surface area contributed by atoms with Crippen molar-refractivity contribution in [3.8, 4) is 0 Å². The van der Waals surface area contributed by atoms with E-state index in [9.17, 15) is 9.36 Å². The van der Waals surface area contributed by atoms with Crippen LogP contribution in [0, 0.1) is 0 Å². The van der Waals surface area contributed by atoms with Gasteiger partial charge in [0.2, 0.25) is 0 Å². The summed E-state index contributed by atoms with van der Waals surface area (Å²) < 4.78 is 22.3. The molecular weight excluding hydrogens is 253 g/mol. The number of likely N-dealkylation sites (N-methyl/N-ethyl adjacent to an activating group) is 1. The van der Waals surface area contributed by atoms with E-state index in [0.29, 0.717) is 24.8 Å². The average molecular weight is 277 g/mol. The van der Waals surface area contributed by atoms with Crippen LogP contribution in [0.2, 0.25) is 0 Å². The van der Waals surface area contributed by atoms with Gasteiger partial charge in [0.25, 0.3) is 0 Å². The number of ether oxygens (including phenoxy) is 1. The molecule has 5 nitrogen and oxygen atoms in total. The first-order valence-electron chi connectivity index (χ1n) is 5.93. The third-order valence-electron chi connectivity index (χ3n) is 2.06. The van der Waals surface area contributed by atoms with E-state index in [1.807, 2.05) is 21.1 Å². The molecule has 104 valence electrons. The zero-order valence-corrected chi connectivity index (χ0v) is 12.7. The van der Waals surface area contributed by atoms with Crippen molar-refractivity contribution in [1.29, 1.82) is 0 Å². The second-order valence-electron chi connectivity index (χ2n) is 5.17. The SMILES string of the molecule is C=C(C)C(=O)OCCC[P+](=O)OCC[N+](C)(C)C. The Kier molecular flexibility index (Phi) is 8.00. The predicted molar refractivity (Wildman–Crippen MR) is 71.7 cm³/mol. The van der Waals surface area contributed by atoms with Gasteiger partial charge in [0.1, 0.15) is 6.54 Å². The quantitative estimate of drug-likeness (QED) is 0.212. The van der Waals surface area contributed by atoms with E-state index in [1.54, 1.807) is 6.92 Å². The number of hydrogen-bond acceptors (Lipinski definition) is 4. The van der Waals surface area contributed by atoms with Crippen molar-refractivity contribution < 1.29 is 23.1 Å². The van der Waals surface area contributed by atoms with Crippen LogP contribution in [0.3, 0.4) is 0 Å². The van der Waals surface area contributed by atoms with Gasteiger partial charge in [-0.05, 0) is 11.5 Å². The highest BCUT2D eigenvalue weighted by atomic mass is 31.1. The van der Waals surface area contributed by atoms with Gasteiger partial charge in [-0.3, -0.25) is 0 Å². The molecule has 0 N–H and O–H groups in total. The molecule has 0 aromatic carbocycles. The first-order valence-corrected chi connectivity index (χ1v) is 7.29. The minimum atomic E-state index is -1.65. The van der Waals surface area contributed by atoms with Crippen molar-refractivity contribution >= 4 is 14.0 Å². The Hall–Kier alpha value is -0.770. The van der Waals surface area contributed by atoms with E-state index in [4.69, 9.17) is 9.26 Å². The Balaban J connectivity index is 3.54. The molecule has 0 heterocycles. The number of esters is 1. The number of carbonyl (C=O) groups is 1. The molecule has 0 saturated carbocycles. The average Bonchev–Trinajstić information content (AvgIpc) is 2.22. The largest absolute Gasteiger partial charge is 0.508 e. The van der Waals surface area contributed by atoms with Crippen molar-refractivity contribution in [1.82, 2.24) is 0 Å². The molecular formula is C12H24NO4P+2. The Bertz CT molecular complexity index is 310. The van der Waals surface area contributed by atoms with Crippen LogP contribution in [0.5, 0.6) is 0 Å².